The fourth-order valence-corrected chi connectivity index (χ4v) is 2.31. The predicted molar refractivity (Wildman–Crippen MR) is 94.1 cm³/mol. The van der Waals surface area contributed by atoms with Crippen molar-refractivity contribution in [2.24, 2.45) is 0 Å². The monoisotopic (exact) mass is 439 g/mol. The first kappa shape index (κ1) is 22.3. The molecule has 26 heavy (non-hydrogen) atoms. The second-order valence-electron chi connectivity index (χ2n) is 7.46. The Labute approximate surface area is 158 Å². The summed E-state index contributed by atoms with van der Waals surface area (Å²) in [5.41, 5.74) is -2.89. The molecule has 0 heterocycles. The third-order valence-electron chi connectivity index (χ3n) is 2.67. The second-order valence-corrected chi connectivity index (χ2v) is 8.31. The Morgan fingerprint density at radius 3 is 1.65 bits per heavy atom. The molecular formula is C17H21BrF3NO4. The van der Waals surface area contributed by atoms with Crippen LogP contribution in [0.1, 0.15) is 47.1 Å². The fraction of sp³-hybridized carbons (Fsp3) is 0.529. The molecule has 9 heteroatoms. The van der Waals surface area contributed by atoms with Crippen LogP contribution in [-0.4, -0.2) is 23.4 Å². The Morgan fingerprint density at radius 2 is 1.35 bits per heavy atom. The van der Waals surface area contributed by atoms with Gasteiger partial charge in [-0.25, -0.2) is 9.59 Å². The minimum Gasteiger partial charge on any atom is -0.443 e. The molecular weight excluding hydrogens is 419 g/mol. The van der Waals surface area contributed by atoms with Gasteiger partial charge in [-0.1, -0.05) is 0 Å². The summed E-state index contributed by atoms with van der Waals surface area (Å²) < 4.78 is 48.8. The van der Waals surface area contributed by atoms with Crippen molar-refractivity contribution >= 4 is 33.8 Å². The maximum atomic E-state index is 12.8. The van der Waals surface area contributed by atoms with Crippen LogP contribution in [-0.2, 0) is 15.7 Å². The summed E-state index contributed by atoms with van der Waals surface area (Å²) in [6.07, 6.45) is -6.69. The molecule has 0 aromatic heterocycles. The third kappa shape index (κ3) is 6.51. The van der Waals surface area contributed by atoms with E-state index in [0.717, 1.165) is 18.2 Å². The number of ether oxygens (including phenoxy) is 2. The van der Waals surface area contributed by atoms with E-state index < -0.39 is 35.1 Å². The molecule has 0 atom stereocenters. The topological polar surface area (TPSA) is 55.8 Å². The molecule has 0 unspecified atom stereocenters. The molecule has 0 fully saturated rings. The van der Waals surface area contributed by atoms with E-state index in [1.54, 1.807) is 41.5 Å². The van der Waals surface area contributed by atoms with E-state index in [1.165, 1.54) is 0 Å². The van der Waals surface area contributed by atoms with Gasteiger partial charge < -0.3 is 9.47 Å². The third-order valence-corrected chi connectivity index (χ3v) is 3.30. The Hall–Kier alpha value is -1.77. The lowest BCUT2D eigenvalue weighted by molar-refractivity contribution is -0.137. The van der Waals surface area contributed by atoms with Crippen LogP contribution in [0.15, 0.2) is 22.7 Å². The molecule has 0 aliphatic heterocycles. The molecule has 0 saturated carbocycles. The summed E-state index contributed by atoms with van der Waals surface area (Å²) in [6.45, 7) is 9.58. The van der Waals surface area contributed by atoms with E-state index in [-0.39, 0.29) is 10.2 Å². The van der Waals surface area contributed by atoms with Gasteiger partial charge in [0.05, 0.1) is 11.3 Å². The normalized spacial score (nSPS) is 12.5. The summed E-state index contributed by atoms with van der Waals surface area (Å²) in [4.78, 5) is 25.5. The van der Waals surface area contributed by atoms with Crippen LogP contribution in [0, 0.1) is 0 Å². The number of imide groups is 1. The average molecular weight is 440 g/mol. The van der Waals surface area contributed by atoms with Gasteiger partial charge in [-0.15, -0.1) is 0 Å². The number of hydrogen-bond donors (Lipinski definition) is 0. The molecule has 0 saturated heterocycles. The molecule has 1 aromatic rings. The molecule has 2 amide bonds. The van der Waals surface area contributed by atoms with Gasteiger partial charge in [0.25, 0.3) is 0 Å². The van der Waals surface area contributed by atoms with Crippen molar-refractivity contribution in [1.82, 2.24) is 0 Å². The molecule has 1 aromatic carbocycles. The van der Waals surface area contributed by atoms with Crippen molar-refractivity contribution in [1.29, 1.82) is 0 Å². The molecule has 0 radical (unpaired) electrons. The van der Waals surface area contributed by atoms with E-state index >= 15 is 0 Å². The summed E-state index contributed by atoms with van der Waals surface area (Å²) in [5, 5.41) is 0. The minimum absolute atomic E-state index is 0.107. The minimum atomic E-state index is -4.57. The molecule has 146 valence electrons. The zero-order chi connectivity index (χ0) is 20.5. The van der Waals surface area contributed by atoms with Crippen LogP contribution in [0.4, 0.5) is 28.4 Å². The average Bonchev–Trinajstić information content (AvgIpc) is 2.35. The lowest BCUT2D eigenvalue weighted by atomic mass is 10.2. The molecule has 0 spiro atoms. The first-order valence-corrected chi connectivity index (χ1v) is 8.43. The molecule has 0 N–H and O–H groups in total. The maximum absolute atomic E-state index is 12.8. The smallest absolute Gasteiger partial charge is 0.424 e. The number of halogens is 4. The number of nitrogens with zero attached hydrogens (tertiary/aromatic N) is 1. The number of amides is 2. The second kappa shape index (κ2) is 7.46. The lowest BCUT2D eigenvalue weighted by Crippen LogP contribution is -2.44. The van der Waals surface area contributed by atoms with Crippen molar-refractivity contribution in [3.63, 3.8) is 0 Å². The van der Waals surface area contributed by atoms with Crippen LogP contribution in [0.5, 0.6) is 0 Å². The van der Waals surface area contributed by atoms with Gasteiger partial charge in [-0.3, -0.25) is 0 Å². The van der Waals surface area contributed by atoms with Crippen molar-refractivity contribution < 1.29 is 32.2 Å². The van der Waals surface area contributed by atoms with E-state index in [9.17, 15) is 22.8 Å². The van der Waals surface area contributed by atoms with Gasteiger partial charge in [0.2, 0.25) is 0 Å². The van der Waals surface area contributed by atoms with Crippen molar-refractivity contribution in [3.8, 4) is 0 Å². The van der Waals surface area contributed by atoms with Gasteiger partial charge >= 0.3 is 18.4 Å². The summed E-state index contributed by atoms with van der Waals surface area (Å²) in [6, 6.07) is 2.54. The highest BCUT2D eigenvalue weighted by molar-refractivity contribution is 9.10. The molecule has 0 bridgehead atoms. The van der Waals surface area contributed by atoms with E-state index in [2.05, 4.69) is 15.9 Å². The molecule has 5 nitrogen and oxygen atoms in total. The lowest BCUT2D eigenvalue weighted by Gasteiger charge is -2.29. The van der Waals surface area contributed by atoms with Gasteiger partial charge in [0, 0.05) is 4.47 Å². The molecule has 1 rings (SSSR count). The highest BCUT2D eigenvalue weighted by Gasteiger charge is 2.36. The zero-order valence-electron chi connectivity index (χ0n) is 15.3. The van der Waals surface area contributed by atoms with Gasteiger partial charge in [-0.2, -0.15) is 18.1 Å². The van der Waals surface area contributed by atoms with Crippen LogP contribution >= 0.6 is 15.9 Å². The van der Waals surface area contributed by atoms with Crippen LogP contribution < -0.4 is 4.90 Å². The largest absolute Gasteiger partial charge is 0.443 e. The summed E-state index contributed by atoms with van der Waals surface area (Å²) in [7, 11) is 0. The number of anilines is 1. The SMILES string of the molecule is CC(C)(C)OC(=O)N(C(=O)OC(C)(C)C)c1ccc(C(F)(F)F)cc1Br. The number of carbonyl (C=O) groups is 2. The summed E-state index contributed by atoms with van der Waals surface area (Å²) >= 11 is 2.98. The predicted octanol–water partition coefficient (Wildman–Crippen LogP) is 6.14. The molecule has 0 aliphatic rings. The number of carbonyl (C=O) groups excluding carboxylic acids is 2. The van der Waals surface area contributed by atoms with Crippen LogP contribution in [0.25, 0.3) is 0 Å². The first-order chi connectivity index (χ1) is 11.5. The van der Waals surface area contributed by atoms with Crippen molar-refractivity contribution in [3.05, 3.63) is 28.2 Å². The summed E-state index contributed by atoms with van der Waals surface area (Å²) in [5.74, 6) is 0. The van der Waals surface area contributed by atoms with E-state index in [1.807, 2.05) is 0 Å². The Kier molecular flexibility index (Phi) is 6.39. The van der Waals surface area contributed by atoms with Crippen LogP contribution in [0.3, 0.4) is 0 Å². The maximum Gasteiger partial charge on any atom is 0.424 e. The van der Waals surface area contributed by atoms with E-state index in [0.29, 0.717) is 4.90 Å². The standard InChI is InChI=1S/C17H21BrF3NO4/c1-15(2,3)25-13(23)22(14(24)26-16(4,5)6)12-8-7-10(9-11(12)18)17(19,20)21/h7-9H,1-6H3. The zero-order valence-corrected chi connectivity index (χ0v) is 16.9. The number of alkyl halides is 3. The fourth-order valence-electron chi connectivity index (χ4n) is 1.75. The van der Waals surface area contributed by atoms with Crippen LogP contribution in [0.2, 0.25) is 0 Å². The number of rotatable bonds is 1. The molecule has 0 aliphatic carbocycles. The van der Waals surface area contributed by atoms with E-state index in [4.69, 9.17) is 9.47 Å². The number of hydrogen-bond acceptors (Lipinski definition) is 4. The van der Waals surface area contributed by atoms with Gasteiger partial charge in [0.1, 0.15) is 11.2 Å². The quantitative estimate of drug-likeness (QED) is 0.526. The van der Waals surface area contributed by atoms with Gasteiger partial charge in [-0.05, 0) is 75.7 Å². The number of benzene rings is 1. The highest BCUT2D eigenvalue weighted by Crippen LogP contribution is 2.36. The van der Waals surface area contributed by atoms with Crippen molar-refractivity contribution in [2.45, 2.75) is 58.9 Å². The van der Waals surface area contributed by atoms with Gasteiger partial charge in [0.15, 0.2) is 0 Å². The Balaban J connectivity index is 3.36. The first-order valence-electron chi connectivity index (χ1n) is 7.64. The Bertz CT molecular complexity index is 663. The Morgan fingerprint density at radius 1 is 0.923 bits per heavy atom. The highest BCUT2D eigenvalue weighted by atomic mass is 79.9. The van der Waals surface area contributed by atoms with Crippen molar-refractivity contribution in [2.75, 3.05) is 4.90 Å².